The smallest absolute Gasteiger partial charge is 0.253 e. The number of thioether (sulfide) groups is 1. The van der Waals surface area contributed by atoms with Gasteiger partial charge in [0.2, 0.25) is 0 Å². The Morgan fingerprint density at radius 1 is 1.19 bits per heavy atom. The van der Waals surface area contributed by atoms with E-state index in [1.54, 1.807) is 0 Å². The Morgan fingerprint density at radius 3 is 2.25 bits per heavy atom. The largest absolute Gasteiger partial charge is 0.274 e. The van der Waals surface area contributed by atoms with Gasteiger partial charge in [0.25, 0.3) is 11.8 Å². The zero-order valence-electron chi connectivity index (χ0n) is 9.57. The van der Waals surface area contributed by atoms with Crippen molar-refractivity contribution in [1.29, 1.82) is 0 Å². The number of hydrogen-bond donors (Lipinski definition) is 0. The lowest BCUT2D eigenvalue weighted by Crippen LogP contribution is -2.44. The number of carbonyl (C=O) groups is 2. The van der Waals surface area contributed by atoms with E-state index in [1.807, 2.05) is 11.8 Å². The molecule has 2 amide bonds. The monoisotopic (exact) mass is 239 g/mol. The van der Waals surface area contributed by atoms with Crippen molar-refractivity contribution >= 4 is 23.6 Å². The van der Waals surface area contributed by atoms with E-state index < -0.39 is 0 Å². The van der Waals surface area contributed by atoms with E-state index >= 15 is 0 Å². The molecule has 0 bridgehead atoms. The van der Waals surface area contributed by atoms with Crippen LogP contribution in [0.1, 0.15) is 32.1 Å². The maximum Gasteiger partial charge on any atom is 0.253 e. The third kappa shape index (κ3) is 2.17. The van der Waals surface area contributed by atoms with Crippen LogP contribution >= 0.6 is 11.8 Å². The minimum atomic E-state index is -0.149. The summed E-state index contributed by atoms with van der Waals surface area (Å²) < 4.78 is 0.107. The van der Waals surface area contributed by atoms with Crippen LogP contribution in [0, 0.1) is 0 Å². The predicted molar refractivity (Wildman–Crippen MR) is 65.2 cm³/mol. The summed E-state index contributed by atoms with van der Waals surface area (Å²) in [6.07, 6.45) is 10.8. The summed E-state index contributed by atoms with van der Waals surface area (Å²) in [5, 5.41) is 0. The fourth-order valence-electron chi connectivity index (χ4n) is 2.50. The van der Waals surface area contributed by atoms with Crippen LogP contribution in [0.25, 0.3) is 0 Å². The molecule has 1 heterocycles. The van der Waals surface area contributed by atoms with Crippen molar-refractivity contribution in [1.82, 2.24) is 4.90 Å². The Labute approximate surface area is 100 Å². The minimum absolute atomic E-state index is 0.107. The van der Waals surface area contributed by atoms with Crippen LogP contribution in [0.15, 0.2) is 12.2 Å². The summed E-state index contributed by atoms with van der Waals surface area (Å²) >= 11 is 1.81. The molecule has 1 fully saturated rings. The Kier molecular flexibility index (Phi) is 3.38. The summed E-state index contributed by atoms with van der Waals surface area (Å²) in [7, 11) is 0. The van der Waals surface area contributed by atoms with E-state index in [0.717, 1.165) is 12.8 Å². The summed E-state index contributed by atoms with van der Waals surface area (Å²) in [5.74, 6) is -0.298. The van der Waals surface area contributed by atoms with E-state index in [-0.39, 0.29) is 16.6 Å². The van der Waals surface area contributed by atoms with Gasteiger partial charge in [-0.05, 0) is 19.1 Å². The van der Waals surface area contributed by atoms with Crippen molar-refractivity contribution < 1.29 is 9.59 Å². The van der Waals surface area contributed by atoms with Gasteiger partial charge in [0.05, 0.1) is 0 Å². The van der Waals surface area contributed by atoms with E-state index in [2.05, 4.69) is 6.26 Å². The van der Waals surface area contributed by atoms with Gasteiger partial charge in [-0.1, -0.05) is 19.3 Å². The zero-order valence-corrected chi connectivity index (χ0v) is 10.4. The first-order valence-corrected chi connectivity index (χ1v) is 6.98. The van der Waals surface area contributed by atoms with E-state index in [9.17, 15) is 9.59 Å². The molecular weight excluding hydrogens is 222 g/mol. The molecule has 1 saturated carbocycles. The number of hydrogen-bond acceptors (Lipinski definition) is 3. The van der Waals surface area contributed by atoms with Crippen LogP contribution < -0.4 is 0 Å². The average Bonchev–Trinajstić information content (AvgIpc) is 2.62. The highest BCUT2D eigenvalue weighted by Crippen LogP contribution is 2.39. The van der Waals surface area contributed by atoms with Crippen molar-refractivity contribution in [2.24, 2.45) is 0 Å². The zero-order chi connectivity index (χ0) is 11.6. The molecule has 1 aliphatic heterocycles. The quantitative estimate of drug-likeness (QED) is 0.707. The van der Waals surface area contributed by atoms with Gasteiger partial charge in [-0.15, -0.1) is 0 Å². The maximum atomic E-state index is 11.5. The number of nitrogens with zero attached hydrogens (tertiary/aromatic N) is 1. The Bertz CT molecular complexity index is 314. The van der Waals surface area contributed by atoms with Gasteiger partial charge in [0.15, 0.2) is 0 Å². The van der Waals surface area contributed by atoms with Crippen molar-refractivity contribution in [2.45, 2.75) is 36.9 Å². The highest BCUT2D eigenvalue weighted by Gasteiger charge is 2.37. The lowest BCUT2D eigenvalue weighted by Gasteiger charge is -2.38. The molecule has 16 heavy (non-hydrogen) atoms. The highest BCUT2D eigenvalue weighted by atomic mass is 32.2. The molecular formula is C12H17NO2S. The van der Waals surface area contributed by atoms with Crippen LogP contribution in [-0.4, -0.2) is 34.3 Å². The first-order valence-electron chi connectivity index (χ1n) is 5.76. The van der Waals surface area contributed by atoms with E-state index in [0.29, 0.717) is 6.54 Å². The second-order valence-corrected chi connectivity index (χ2v) is 5.82. The van der Waals surface area contributed by atoms with Crippen LogP contribution in [-0.2, 0) is 9.59 Å². The second kappa shape index (κ2) is 4.62. The van der Waals surface area contributed by atoms with Gasteiger partial charge in [0.1, 0.15) is 0 Å². The molecule has 2 rings (SSSR count). The fourth-order valence-corrected chi connectivity index (χ4v) is 3.45. The van der Waals surface area contributed by atoms with Gasteiger partial charge in [-0.3, -0.25) is 14.5 Å². The summed E-state index contributed by atoms with van der Waals surface area (Å²) in [6.45, 7) is 0.582. The first kappa shape index (κ1) is 11.7. The summed E-state index contributed by atoms with van der Waals surface area (Å²) in [4.78, 5) is 24.4. The molecule has 2 aliphatic rings. The van der Waals surface area contributed by atoms with Crippen molar-refractivity contribution in [3.8, 4) is 0 Å². The SMILES string of the molecule is CSC1(CN2C(=O)C=CC2=O)CCCCC1. The van der Waals surface area contributed by atoms with Crippen LogP contribution in [0.4, 0.5) is 0 Å². The maximum absolute atomic E-state index is 11.5. The molecule has 0 atom stereocenters. The van der Waals surface area contributed by atoms with Crippen molar-refractivity contribution in [2.75, 3.05) is 12.8 Å². The Morgan fingerprint density at radius 2 is 1.75 bits per heavy atom. The van der Waals surface area contributed by atoms with Crippen LogP contribution in [0.5, 0.6) is 0 Å². The third-order valence-corrected chi connectivity index (χ3v) is 4.95. The van der Waals surface area contributed by atoms with Crippen molar-refractivity contribution in [3.05, 3.63) is 12.2 Å². The molecule has 0 aromatic heterocycles. The normalized spacial score (nSPS) is 24.2. The fraction of sp³-hybridized carbons (Fsp3) is 0.667. The molecule has 0 aromatic carbocycles. The number of amides is 2. The molecule has 0 spiro atoms. The third-order valence-electron chi connectivity index (χ3n) is 3.54. The average molecular weight is 239 g/mol. The van der Waals surface area contributed by atoms with Crippen LogP contribution in [0.3, 0.4) is 0 Å². The van der Waals surface area contributed by atoms with Gasteiger partial charge >= 0.3 is 0 Å². The molecule has 0 N–H and O–H groups in total. The van der Waals surface area contributed by atoms with Crippen molar-refractivity contribution in [3.63, 3.8) is 0 Å². The molecule has 0 radical (unpaired) electrons. The molecule has 1 aliphatic carbocycles. The molecule has 4 heteroatoms. The standard InChI is InChI=1S/C12H17NO2S/c1-16-12(7-3-2-4-8-12)9-13-10(14)5-6-11(13)15/h5-6H,2-4,7-9H2,1H3. The Balaban J connectivity index is 2.06. The molecule has 0 unspecified atom stereocenters. The predicted octanol–water partition coefficient (Wildman–Crippen LogP) is 1.98. The number of carbonyl (C=O) groups excluding carboxylic acids is 2. The van der Waals surface area contributed by atoms with E-state index in [4.69, 9.17) is 0 Å². The topological polar surface area (TPSA) is 37.4 Å². The van der Waals surface area contributed by atoms with Gasteiger partial charge in [-0.2, -0.15) is 11.8 Å². The summed E-state index contributed by atoms with van der Waals surface area (Å²) in [6, 6.07) is 0. The molecule has 0 saturated heterocycles. The number of rotatable bonds is 3. The highest BCUT2D eigenvalue weighted by molar-refractivity contribution is 8.00. The van der Waals surface area contributed by atoms with E-state index in [1.165, 1.54) is 36.3 Å². The molecule has 88 valence electrons. The van der Waals surface area contributed by atoms with Gasteiger partial charge < -0.3 is 0 Å². The molecule has 3 nitrogen and oxygen atoms in total. The second-order valence-electron chi connectivity index (χ2n) is 4.54. The number of imide groups is 1. The minimum Gasteiger partial charge on any atom is -0.274 e. The Hall–Kier alpha value is -0.770. The van der Waals surface area contributed by atoms with Gasteiger partial charge in [-0.25, -0.2) is 0 Å². The summed E-state index contributed by atoms with van der Waals surface area (Å²) in [5.41, 5.74) is 0. The lowest BCUT2D eigenvalue weighted by molar-refractivity contribution is -0.137. The first-order chi connectivity index (χ1) is 7.67. The lowest BCUT2D eigenvalue weighted by atomic mass is 9.88. The molecule has 0 aromatic rings. The van der Waals surface area contributed by atoms with Gasteiger partial charge in [0, 0.05) is 23.4 Å². The van der Waals surface area contributed by atoms with Crippen LogP contribution in [0.2, 0.25) is 0 Å².